The molecular formula is C21H24Cl2N4O3S. The Hall–Kier alpha value is -1.97. The van der Waals surface area contributed by atoms with Crippen LogP contribution >= 0.6 is 23.2 Å². The van der Waals surface area contributed by atoms with Crippen LogP contribution in [0.1, 0.15) is 18.1 Å². The summed E-state index contributed by atoms with van der Waals surface area (Å²) in [6.45, 7) is 5.40. The van der Waals surface area contributed by atoms with Crippen molar-refractivity contribution in [1.82, 2.24) is 14.6 Å². The monoisotopic (exact) mass is 482 g/mol. The van der Waals surface area contributed by atoms with E-state index < -0.39 is 10.0 Å². The van der Waals surface area contributed by atoms with Crippen LogP contribution in [0.25, 0.3) is 0 Å². The molecule has 0 spiro atoms. The summed E-state index contributed by atoms with van der Waals surface area (Å²) in [6, 6.07) is 11.9. The summed E-state index contributed by atoms with van der Waals surface area (Å²) in [7, 11) is -3.53. The Kier molecular flexibility index (Phi) is 7.72. The van der Waals surface area contributed by atoms with Crippen molar-refractivity contribution < 1.29 is 13.2 Å². The van der Waals surface area contributed by atoms with Crippen LogP contribution in [-0.4, -0.2) is 62.0 Å². The predicted octanol–water partition coefficient (Wildman–Crippen LogP) is 3.15. The highest BCUT2D eigenvalue weighted by Crippen LogP contribution is 2.23. The molecule has 2 aromatic carbocycles. The second-order valence-corrected chi connectivity index (χ2v) is 10.1. The van der Waals surface area contributed by atoms with Crippen molar-refractivity contribution in [3.8, 4) is 0 Å². The number of hydrogen-bond acceptors (Lipinski definition) is 5. The fraction of sp³-hybridized carbons (Fsp3) is 0.333. The van der Waals surface area contributed by atoms with E-state index in [4.69, 9.17) is 23.2 Å². The van der Waals surface area contributed by atoms with Gasteiger partial charge in [-0.1, -0.05) is 47.0 Å². The fourth-order valence-electron chi connectivity index (χ4n) is 3.16. The van der Waals surface area contributed by atoms with Gasteiger partial charge in [0.2, 0.25) is 10.0 Å². The maximum absolute atomic E-state index is 12.8. The third kappa shape index (κ3) is 6.05. The Morgan fingerprint density at radius 2 is 1.68 bits per heavy atom. The number of amides is 1. The molecule has 0 aromatic heterocycles. The van der Waals surface area contributed by atoms with Crippen molar-refractivity contribution in [2.75, 3.05) is 32.7 Å². The SMILES string of the molecule is C/C(=N\NC(=O)CN1CCN(S(=O)(=O)c2ccc(C)cc2)CC1)c1ccc(Cl)c(Cl)c1. The number of rotatable bonds is 6. The van der Waals surface area contributed by atoms with Crippen molar-refractivity contribution in [3.05, 3.63) is 63.6 Å². The van der Waals surface area contributed by atoms with E-state index in [1.54, 1.807) is 49.4 Å². The number of carbonyl (C=O) groups excluding carboxylic acids is 1. The number of benzene rings is 2. The first-order chi connectivity index (χ1) is 14.7. The first-order valence-corrected chi connectivity index (χ1v) is 11.9. The number of nitrogens with zero attached hydrogens (tertiary/aromatic N) is 3. The van der Waals surface area contributed by atoms with E-state index in [0.717, 1.165) is 11.1 Å². The Morgan fingerprint density at radius 1 is 1.03 bits per heavy atom. The lowest BCUT2D eigenvalue weighted by Gasteiger charge is -2.33. The van der Waals surface area contributed by atoms with E-state index in [2.05, 4.69) is 10.5 Å². The number of carbonyl (C=O) groups is 1. The zero-order valence-electron chi connectivity index (χ0n) is 17.3. The van der Waals surface area contributed by atoms with Crippen molar-refractivity contribution in [2.45, 2.75) is 18.7 Å². The summed E-state index contributed by atoms with van der Waals surface area (Å²) in [6.07, 6.45) is 0. The van der Waals surface area contributed by atoms with E-state index in [-0.39, 0.29) is 17.3 Å². The molecule has 10 heteroatoms. The molecule has 0 radical (unpaired) electrons. The summed E-state index contributed by atoms with van der Waals surface area (Å²) in [5, 5.41) is 4.98. The molecule has 1 saturated heterocycles. The molecule has 1 amide bonds. The van der Waals surface area contributed by atoms with Gasteiger partial charge in [0.25, 0.3) is 5.91 Å². The number of nitrogens with one attached hydrogen (secondary N) is 1. The molecule has 0 atom stereocenters. The summed E-state index contributed by atoms with van der Waals surface area (Å²) >= 11 is 11.9. The third-order valence-electron chi connectivity index (χ3n) is 5.04. The third-order valence-corrected chi connectivity index (χ3v) is 7.69. The Balaban J connectivity index is 1.51. The van der Waals surface area contributed by atoms with Gasteiger partial charge in [-0.15, -0.1) is 0 Å². The summed E-state index contributed by atoms with van der Waals surface area (Å²) in [5.41, 5.74) is 4.89. The van der Waals surface area contributed by atoms with Crippen LogP contribution in [0.4, 0.5) is 0 Å². The summed E-state index contributed by atoms with van der Waals surface area (Å²) in [4.78, 5) is 14.5. The van der Waals surface area contributed by atoms with Gasteiger partial charge in [-0.3, -0.25) is 9.69 Å². The van der Waals surface area contributed by atoms with Gasteiger partial charge in [0.05, 0.1) is 27.2 Å². The number of hydrazone groups is 1. The van der Waals surface area contributed by atoms with Gasteiger partial charge in [-0.2, -0.15) is 9.41 Å². The summed E-state index contributed by atoms with van der Waals surface area (Å²) < 4.78 is 27.0. The van der Waals surface area contributed by atoms with Crippen molar-refractivity contribution >= 4 is 44.8 Å². The van der Waals surface area contributed by atoms with Crippen molar-refractivity contribution in [2.24, 2.45) is 5.10 Å². The first kappa shape index (κ1) is 23.7. The fourth-order valence-corrected chi connectivity index (χ4v) is 4.88. The Morgan fingerprint density at radius 3 is 2.29 bits per heavy atom. The largest absolute Gasteiger partial charge is 0.292 e. The topological polar surface area (TPSA) is 82.1 Å². The van der Waals surface area contributed by atoms with Crippen LogP contribution < -0.4 is 5.43 Å². The van der Waals surface area contributed by atoms with E-state index in [0.29, 0.717) is 41.9 Å². The van der Waals surface area contributed by atoms with E-state index in [9.17, 15) is 13.2 Å². The average Bonchev–Trinajstić information content (AvgIpc) is 2.74. The van der Waals surface area contributed by atoms with Crippen LogP contribution in [0, 0.1) is 6.92 Å². The maximum atomic E-state index is 12.8. The van der Waals surface area contributed by atoms with Gasteiger partial charge in [0, 0.05) is 26.2 Å². The van der Waals surface area contributed by atoms with Gasteiger partial charge in [0.15, 0.2) is 0 Å². The molecule has 166 valence electrons. The van der Waals surface area contributed by atoms with Crippen LogP contribution in [0.15, 0.2) is 52.5 Å². The lowest BCUT2D eigenvalue weighted by Crippen LogP contribution is -2.50. The van der Waals surface area contributed by atoms with Gasteiger partial charge in [-0.05, 0) is 43.7 Å². The molecule has 0 unspecified atom stereocenters. The molecule has 1 aliphatic rings. The molecule has 31 heavy (non-hydrogen) atoms. The Bertz CT molecular complexity index is 1080. The normalized spacial score (nSPS) is 16.3. The molecule has 3 rings (SSSR count). The van der Waals surface area contributed by atoms with Crippen LogP contribution in [-0.2, 0) is 14.8 Å². The molecule has 0 bridgehead atoms. The highest BCUT2D eigenvalue weighted by molar-refractivity contribution is 7.89. The molecule has 0 aliphatic carbocycles. The van der Waals surface area contributed by atoms with Gasteiger partial charge >= 0.3 is 0 Å². The molecule has 1 aliphatic heterocycles. The van der Waals surface area contributed by atoms with E-state index in [1.165, 1.54) is 4.31 Å². The minimum atomic E-state index is -3.53. The molecule has 0 saturated carbocycles. The highest BCUT2D eigenvalue weighted by Gasteiger charge is 2.28. The zero-order chi connectivity index (χ0) is 22.6. The van der Waals surface area contributed by atoms with Gasteiger partial charge in [0.1, 0.15) is 0 Å². The number of hydrogen-bond donors (Lipinski definition) is 1. The average molecular weight is 483 g/mol. The van der Waals surface area contributed by atoms with Crippen molar-refractivity contribution in [1.29, 1.82) is 0 Å². The highest BCUT2D eigenvalue weighted by atomic mass is 35.5. The minimum absolute atomic E-state index is 0.135. The number of sulfonamides is 1. The predicted molar refractivity (Wildman–Crippen MR) is 123 cm³/mol. The van der Waals surface area contributed by atoms with Crippen LogP contribution in [0.2, 0.25) is 10.0 Å². The zero-order valence-corrected chi connectivity index (χ0v) is 19.6. The quantitative estimate of drug-likeness (QED) is 0.506. The number of halogens is 2. The molecule has 1 heterocycles. The molecule has 2 aromatic rings. The molecule has 1 fully saturated rings. The lowest BCUT2D eigenvalue weighted by atomic mass is 10.1. The standard InChI is InChI=1S/C21H24Cl2N4O3S/c1-15-3-6-18(7-4-15)31(29,30)27-11-9-26(10-12-27)14-21(28)25-24-16(2)17-5-8-19(22)20(23)13-17/h3-8,13H,9-12,14H2,1-2H3,(H,25,28)/b24-16+. The second-order valence-electron chi connectivity index (χ2n) is 7.35. The maximum Gasteiger partial charge on any atom is 0.254 e. The number of piperazine rings is 1. The number of aryl methyl sites for hydroxylation is 1. The molecule has 1 N–H and O–H groups in total. The molecule has 7 nitrogen and oxygen atoms in total. The smallest absolute Gasteiger partial charge is 0.254 e. The first-order valence-electron chi connectivity index (χ1n) is 9.74. The second kappa shape index (κ2) is 10.1. The minimum Gasteiger partial charge on any atom is -0.292 e. The lowest BCUT2D eigenvalue weighted by molar-refractivity contribution is -0.122. The summed E-state index contributed by atoms with van der Waals surface area (Å²) in [5.74, 6) is -0.269. The van der Waals surface area contributed by atoms with Crippen LogP contribution in [0.5, 0.6) is 0 Å². The van der Waals surface area contributed by atoms with Gasteiger partial charge in [-0.25, -0.2) is 13.8 Å². The van der Waals surface area contributed by atoms with Crippen LogP contribution in [0.3, 0.4) is 0 Å². The Labute approximate surface area is 192 Å². The van der Waals surface area contributed by atoms with Gasteiger partial charge < -0.3 is 0 Å². The molecular weight excluding hydrogens is 459 g/mol. The van der Waals surface area contributed by atoms with E-state index >= 15 is 0 Å². The van der Waals surface area contributed by atoms with E-state index in [1.807, 2.05) is 11.8 Å². The van der Waals surface area contributed by atoms with Crippen molar-refractivity contribution in [3.63, 3.8) is 0 Å².